The van der Waals surface area contributed by atoms with E-state index in [9.17, 15) is 13.2 Å². The molecule has 0 spiro atoms. The van der Waals surface area contributed by atoms with Gasteiger partial charge in [0.1, 0.15) is 11.6 Å². The van der Waals surface area contributed by atoms with Crippen LogP contribution in [0.2, 0.25) is 0 Å². The first-order valence-corrected chi connectivity index (χ1v) is 10.0. The topological polar surface area (TPSA) is 9.23 Å². The predicted octanol–water partition coefficient (Wildman–Crippen LogP) is 6.91. The molecule has 0 N–H and O–H groups in total. The summed E-state index contributed by atoms with van der Waals surface area (Å²) in [4.78, 5) is 0. The first kappa shape index (κ1) is 21.0. The average Bonchev–Trinajstić information content (AvgIpc) is 2.72. The molecule has 1 nitrogen and oxygen atoms in total. The number of hydrogen-bond donors (Lipinski definition) is 0. The summed E-state index contributed by atoms with van der Waals surface area (Å²) < 4.78 is 48.0. The third-order valence-electron chi connectivity index (χ3n) is 4.96. The van der Waals surface area contributed by atoms with Crippen LogP contribution in [-0.4, -0.2) is 6.61 Å². The number of aryl methyl sites for hydroxylation is 3. The molecule has 0 heterocycles. The maximum atomic E-state index is 14.3. The predicted molar refractivity (Wildman–Crippen MR) is 111 cm³/mol. The summed E-state index contributed by atoms with van der Waals surface area (Å²) in [5, 5.41) is 0. The van der Waals surface area contributed by atoms with E-state index in [-0.39, 0.29) is 5.82 Å². The molecule has 0 fully saturated rings. The highest BCUT2D eigenvalue weighted by atomic mass is 19.2. The van der Waals surface area contributed by atoms with E-state index in [0.717, 1.165) is 17.5 Å². The Labute approximate surface area is 170 Å². The lowest BCUT2D eigenvalue weighted by atomic mass is 9.98. The van der Waals surface area contributed by atoms with Crippen molar-refractivity contribution >= 4 is 0 Å². The minimum absolute atomic E-state index is 0.339. The molecular formula is C25H25F3O. The molecule has 0 saturated carbocycles. The highest BCUT2D eigenvalue weighted by molar-refractivity contribution is 5.65. The molecule has 3 aromatic carbocycles. The summed E-state index contributed by atoms with van der Waals surface area (Å²) in [5.74, 6) is -1.31. The van der Waals surface area contributed by atoms with Crippen LogP contribution in [0.3, 0.4) is 0 Å². The van der Waals surface area contributed by atoms with Crippen molar-refractivity contribution in [2.75, 3.05) is 6.61 Å². The van der Waals surface area contributed by atoms with Gasteiger partial charge in [-0.05, 0) is 60.6 Å². The van der Waals surface area contributed by atoms with E-state index in [2.05, 4.69) is 0 Å². The standard InChI is InChI=1S/C25H25F3O/c1-3-5-19-12-13-20(25(28)24(19)27)11-8-17-6-9-18(10-7-17)22-15-14-21(29-4-2)16-23(22)26/h6-7,9-10,12-16H,3-5,8,11H2,1-2H3. The zero-order valence-electron chi connectivity index (χ0n) is 16.8. The second kappa shape index (κ2) is 9.64. The van der Waals surface area contributed by atoms with Gasteiger partial charge in [0.25, 0.3) is 0 Å². The van der Waals surface area contributed by atoms with Crippen LogP contribution in [0.4, 0.5) is 13.2 Å². The smallest absolute Gasteiger partial charge is 0.162 e. The van der Waals surface area contributed by atoms with Crippen LogP contribution in [0.25, 0.3) is 11.1 Å². The Morgan fingerprint density at radius 1 is 0.724 bits per heavy atom. The molecule has 0 aromatic heterocycles. The fraction of sp³-hybridized carbons (Fsp3) is 0.280. The Hall–Kier alpha value is -2.75. The van der Waals surface area contributed by atoms with E-state index < -0.39 is 11.6 Å². The Kier molecular flexibility index (Phi) is 6.97. The fourth-order valence-corrected chi connectivity index (χ4v) is 3.40. The van der Waals surface area contributed by atoms with E-state index in [1.807, 2.05) is 38.1 Å². The van der Waals surface area contributed by atoms with Gasteiger partial charge in [0.15, 0.2) is 11.6 Å². The van der Waals surface area contributed by atoms with E-state index in [4.69, 9.17) is 4.74 Å². The lowest BCUT2D eigenvalue weighted by Gasteiger charge is -2.10. The molecule has 152 valence electrons. The molecule has 0 amide bonds. The number of hydrogen-bond acceptors (Lipinski definition) is 1. The number of ether oxygens (including phenoxy) is 1. The van der Waals surface area contributed by atoms with Crippen LogP contribution in [0.15, 0.2) is 54.6 Å². The zero-order chi connectivity index (χ0) is 20.8. The first-order valence-electron chi connectivity index (χ1n) is 10.0. The second-order valence-corrected chi connectivity index (χ2v) is 7.03. The lowest BCUT2D eigenvalue weighted by molar-refractivity contribution is 0.338. The number of halogens is 3. The SMILES string of the molecule is CCCc1ccc(CCc2ccc(-c3ccc(OCC)cc3F)cc2)c(F)c1F. The minimum Gasteiger partial charge on any atom is -0.494 e. The summed E-state index contributed by atoms with van der Waals surface area (Å²) >= 11 is 0. The molecule has 0 aliphatic rings. The summed E-state index contributed by atoms with van der Waals surface area (Å²) in [5.41, 5.74) is 3.05. The number of rotatable bonds is 8. The van der Waals surface area contributed by atoms with Crippen molar-refractivity contribution in [3.05, 3.63) is 88.7 Å². The average molecular weight is 398 g/mol. The van der Waals surface area contributed by atoms with Crippen LogP contribution >= 0.6 is 0 Å². The van der Waals surface area contributed by atoms with Gasteiger partial charge in [-0.2, -0.15) is 0 Å². The van der Waals surface area contributed by atoms with Crippen molar-refractivity contribution in [3.8, 4) is 16.9 Å². The van der Waals surface area contributed by atoms with Gasteiger partial charge in [-0.1, -0.05) is 49.7 Å². The van der Waals surface area contributed by atoms with Crippen molar-refractivity contribution < 1.29 is 17.9 Å². The maximum absolute atomic E-state index is 14.3. The summed E-state index contributed by atoms with van der Waals surface area (Å²) in [6, 6.07) is 15.6. The van der Waals surface area contributed by atoms with Gasteiger partial charge in [0.05, 0.1) is 6.61 Å². The van der Waals surface area contributed by atoms with Crippen LogP contribution in [0.1, 0.15) is 37.0 Å². The molecule has 0 atom stereocenters. The Bertz CT molecular complexity index is 965. The van der Waals surface area contributed by atoms with E-state index >= 15 is 0 Å². The molecule has 0 unspecified atom stereocenters. The molecule has 29 heavy (non-hydrogen) atoms. The van der Waals surface area contributed by atoms with Gasteiger partial charge in [0.2, 0.25) is 0 Å². The van der Waals surface area contributed by atoms with E-state index in [1.54, 1.807) is 24.3 Å². The van der Waals surface area contributed by atoms with Crippen molar-refractivity contribution in [2.45, 2.75) is 39.5 Å². The fourth-order valence-electron chi connectivity index (χ4n) is 3.40. The van der Waals surface area contributed by atoms with Crippen LogP contribution in [0, 0.1) is 17.5 Å². The van der Waals surface area contributed by atoms with Crippen molar-refractivity contribution in [3.63, 3.8) is 0 Å². The molecule has 0 aliphatic carbocycles. The molecule has 0 aliphatic heterocycles. The second-order valence-electron chi connectivity index (χ2n) is 7.03. The molecule has 4 heteroatoms. The molecule has 0 saturated heterocycles. The molecule has 0 bridgehead atoms. The van der Waals surface area contributed by atoms with Gasteiger partial charge in [-0.15, -0.1) is 0 Å². The maximum Gasteiger partial charge on any atom is 0.162 e. The van der Waals surface area contributed by atoms with E-state index in [0.29, 0.717) is 48.3 Å². The van der Waals surface area contributed by atoms with Gasteiger partial charge in [0, 0.05) is 11.6 Å². The minimum atomic E-state index is -0.746. The zero-order valence-corrected chi connectivity index (χ0v) is 16.8. The van der Waals surface area contributed by atoms with Crippen LogP contribution < -0.4 is 4.74 Å². The third-order valence-corrected chi connectivity index (χ3v) is 4.96. The normalized spacial score (nSPS) is 10.9. The van der Waals surface area contributed by atoms with E-state index in [1.165, 1.54) is 6.07 Å². The Morgan fingerprint density at radius 3 is 1.97 bits per heavy atom. The summed E-state index contributed by atoms with van der Waals surface area (Å²) in [6.07, 6.45) is 2.30. The van der Waals surface area contributed by atoms with Crippen molar-refractivity contribution in [2.24, 2.45) is 0 Å². The molecule has 0 radical (unpaired) electrons. The van der Waals surface area contributed by atoms with Crippen LogP contribution in [0.5, 0.6) is 5.75 Å². The van der Waals surface area contributed by atoms with Crippen molar-refractivity contribution in [1.82, 2.24) is 0 Å². The first-order chi connectivity index (χ1) is 14.0. The lowest BCUT2D eigenvalue weighted by Crippen LogP contribution is -2.01. The Balaban J connectivity index is 1.69. The summed E-state index contributed by atoms with van der Waals surface area (Å²) in [7, 11) is 0. The largest absolute Gasteiger partial charge is 0.494 e. The quantitative estimate of drug-likeness (QED) is 0.401. The summed E-state index contributed by atoms with van der Waals surface area (Å²) in [6.45, 7) is 4.28. The number of benzene rings is 3. The van der Waals surface area contributed by atoms with Gasteiger partial charge >= 0.3 is 0 Å². The third kappa shape index (κ3) is 5.00. The highest BCUT2D eigenvalue weighted by Crippen LogP contribution is 2.27. The van der Waals surface area contributed by atoms with Gasteiger partial charge in [-0.3, -0.25) is 0 Å². The molecule has 3 rings (SSSR count). The molecular weight excluding hydrogens is 373 g/mol. The monoisotopic (exact) mass is 398 g/mol. The Morgan fingerprint density at radius 2 is 1.38 bits per heavy atom. The van der Waals surface area contributed by atoms with Gasteiger partial charge < -0.3 is 4.74 Å². The van der Waals surface area contributed by atoms with Gasteiger partial charge in [-0.25, -0.2) is 13.2 Å². The van der Waals surface area contributed by atoms with Crippen molar-refractivity contribution in [1.29, 1.82) is 0 Å². The highest BCUT2D eigenvalue weighted by Gasteiger charge is 2.13. The molecule has 3 aromatic rings. The van der Waals surface area contributed by atoms with Crippen LogP contribution in [-0.2, 0) is 19.3 Å².